The van der Waals surface area contributed by atoms with Crippen molar-refractivity contribution in [2.45, 2.75) is 20.3 Å². The third kappa shape index (κ3) is 4.87. The highest BCUT2D eigenvalue weighted by Crippen LogP contribution is 2.12. The fraction of sp³-hybridized carbons (Fsp3) is 0.462. The van der Waals surface area contributed by atoms with E-state index in [1.54, 1.807) is 12.1 Å². The number of hydrogen-bond donors (Lipinski definition) is 1. The number of ether oxygens (including phenoxy) is 2. The molecule has 0 saturated carbocycles. The second kappa shape index (κ2) is 6.91. The molecule has 17 heavy (non-hydrogen) atoms. The number of aryl methyl sites for hydroxylation is 1. The Morgan fingerprint density at radius 3 is 2.71 bits per heavy atom. The average molecular weight is 237 g/mol. The van der Waals surface area contributed by atoms with E-state index in [0.29, 0.717) is 37.5 Å². The van der Waals surface area contributed by atoms with Crippen LogP contribution in [-0.2, 0) is 9.47 Å². The zero-order chi connectivity index (χ0) is 12.7. The topological polar surface area (TPSA) is 61.5 Å². The molecule has 1 aromatic carbocycles. The molecule has 0 aliphatic carbocycles. The molecule has 0 aliphatic rings. The van der Waals surface area contributed by atoms with Crippen molar-refractivity contribution in [3.05, 3.63) is 29.3 Å². The number of esters is 1. The van der Waals surface area contributed by atoms with Gasteiger partial charge in [0, 0.05) is 25.3 Å². The van der Waals surface area contributed by atoms with Crippen LogP contribution in [0.15, 0.2) is 18.2 Å². The highest BCUT2D eigenvalue weighted by molar-refractivity contribution is 5.90. The van der Waals surface area contributed by atoms with E-state index in [4.69, 9.17) is 15.2 Å². The van der Waals surface area contributed by atoms with Gasteiger partial charge in [0.05, 0.1) is 12.2 Å². The molecule has 0 radical (unpaired) electrons. The van der Waals surface area contributed by atoms with Crippen molar-refractivity contribution in [1.82, 2.24) is 0 Å². The highest BCUT2D eigenvalue weighted by Gasteiger charge is 2.07. The van der Waals surface area contributed by atoms with E-state index in [2.05, 4.69) is 0 Å². The molecule has 0 saturated heterocycles. The number of hydrogen-bond acceptors (Lipinski definition) is 4. The van der Waals surface area contributed by atoms with Gasteiger partial charge >= 0.3 is 5.97 Å². The Labute approximate surface area is 102 Å². The molecule has 1 rings (SSSR count). The average Bonchev–Trinajstić information content (AvgIpc) is 2.27. The van der Waals surface area contributed by atoms with Crippen molar-refractivity contribution < 1.29 is 14.3 Å². The standard InChI is InChI=1S/C13H19NO3/c1-3-16-5-4-6-17-13(15)11-7-10(2)8-12(14)9-11/h7-9H,3-6,14H2,1-2H3. The van der Waals surface area contributed by atoms with Crippen LogP contribution in [0, 0.1) is 6.92 Å². The van der Waals surface area contributed by atoms with E-state index in [9.17, 15) is 4.79 Å². The van der Waals surface area contributed by atoms with E-state index >= 15 is 0 Å². The summed E-state index contributed by atoms with van der Waals surface area (Å²) in [6.45, 7) is 5.48. The molecule has 2 N–H and O–H groups in total. The molecule has 0 amide bonds. The van der Waals surface area contributed by atoms with Crippen molar-refractivity contribution in [2.24, 2.45) is 0 Å². The molecule has 4 nitrogen and oxygen atoms in total. The van der Waals surface area contributed by atoms with Gasteiger partial charge in [-0.15, -0.1) is 0 Å². The van der Waals surface area contributed by atoms with E-state index in [-0.39, 0.29) is 5.97 Å². The van der Waals surface area contributed by atoms with Crippen LogP contribution in [0.2, 0.25) is 0 Å². The van der Waals surface area contributed by atoms with Crippen LogP contribution < -0.4 is 5.73 Å². The Kier molecular flexibility index (Phi) is 5.49. The van der Waals surface area contributed by atoms with Crippen LogP contribution >= 0.6 is 0 Å². The maximum atomic E-state index is 11.7. The fourth-order valence-electron chi connectivity index (χ4n) is 1.48. The maximum absolute atomic E-state index is 11.7. The van der Waals surface area contributed by atoms with Crippen LogP contribution in [-0.4, -0.2) is 25.8 Å². The smallest absolute Gasteiger partial charge is 0.338 e. The van der Waals surface area contributed by atoms with Gasteiger partial charge in [0.25, 0.3) is 0 Å². The molecule has 0 aromatic heterocycles. The minimum atomic E-state index is -0.336. The third-order valence-electron chi connectivity index (χ3n) is 2.21. The summed E-state index contributed by atoms with van der Waals surface area (Å²) >= 11 is 0. The summed E-state index contributed by atoms with van der Waals surface area (Å²) in [7, 11) is 0. The Morgan fingerprint density at radius 2 is 2.06 bits per heavy atom. The van der Waals surface area contributed by atoms with Crippen LogP contribution in [0.3, 0.4) is 0 Å². The van der Waals surface area contributed by atoms with E-state index in [1.165, 1.54) is 0 Å². The fourth-order valence-corrected chi connectivity index (χ4v) is 1.48. The summed E-state index contributed by atoms with van der Waals surface area (Å²) in [6.07, 6.45) is 0.709. The lowest BCUT2D eigenvalue weighted by molar-refractivity contribution is 0.0452. The number of anilines is 1. The van der Waals surface area contributed by atoms with Gasteiger partial charge in [-0.2, -0.15) is 0 Å². The molecule has 0 aliphatic heterocycles. The van der Waals surface area contributed by atoms with Crippen LogP contribution in [0.4, 0.5) is 5.69 Å². The minimum Gasteiger partial charge on any atom is -0.462 e. The van der Waals surface area contributed by atoms with Gasteiger partial charge in [0.15, 0.2) is 0 Å². The molecule has 0 atom stereocenters. The molecule has 4 heteroatoms. The maximum Gasteiger partial charge on any atom is 0.338 e. The monoisotopic (exact) mass is 237 g/mol. The summed E-state index contributed by atoms with van der Waals surface area (Å²) < 4.78 is 10.3. The predicted molar refractivity (Wildman–Crippen MR) is 67.0 cm³/mol. The quantitative estimate of drug-likeness (QED) is 0.468. The summed E-state index contributed by atoms with van der Waals surface area (Å²) in [5.41, 5.74) is 7.69. The van der Waals surface area contributed by atoms with Crippen molar-refractivity contribution in [3.8, 4) is 0 Å². The van der Waals surface area contributed by atoms with E-state index < -0.39 is 0 Å². The molecule has 0 spiro atoms. The van der Waals surface area contributed by atoms with E-state index in [0.717, 1.165) is 5.56 Å². The lowest BCUT2D eigenvalue weighted by atomic mass is 10.1. The Balaban J connectivity index is 2.41. The van der Waals surface area contributed by atoms with Gasteiger partial charge in [-0.1, -0.05) is 0 Å². The highest BCUT2D eigenvalue weighted by atomic mass is 16.5. The first-order valence-corrected chi connectivity index (χ1v) is 5.75. The van der Waals surface area contributed by atoms with Gasteiger partial charge < -0.3 is 15.2 Å². The molecule has 0 unspecified atom stereocenters. The number of rotatable bonds is 6. The molecule has 0 bridgehead atoms. The SMILES string of the molecule is CCOCCCOC(=O)c1cc(C)cc(N)c1. The van der Waals surface area contributed by atoms with Crippen molar-refractivity contribution in [1.29, 1.82) is 0 Å². The van der Waals surface area contributed by atoms with Gasteiger partial charge in [-0.25, -0.2) is 4.79 Å². The first kappa shape index (κ1) is 13.5. The predicted octanol–water partition coefficient (Wildman–Crippen LogP) is 2.16. The number of carbonyl (C=O) groups is 1. The zero-order valence-electron chi connectivity index (χ0n) is 10.4. The number of carbonyl (C=O) groups excluding carboxylic acids is 1. The zero-order valence-corrected chi connectivity index (χ0v) is 10.4. The Morgan fingerprint density at radius 1 is 1.29 bits per heavy atom. The Hall–Kier alpha value is -1.55. The number of nitrogen functional groups attached to an aromatic ring is 1. The summed E-state index contributed by atoms with van der Waals surface area (Å²) in [6, 6.07) is 5.20. The van der Waals surface area contributed by atoms with Crippen molar-refractivity contribution in [3.63, 3.8) is 0 Å². The largest absolute Gasteiger partial charge is 0.462 e. The Bertz CT molecular complexity index is 357. The second-order valence-electron chi connectivity index (χ2n) is 3.82. The lowest BCUT2D eigenvalue weighted by Gasteiger charge is -2.06. The number of nitrogens with two attached hydrogens (primary N) is 1. The van der Waals surface area contributed by atoms with Gasteiger partial charge in [-0.05, 0) is 37.6 Å². The van der Waals surface area contributed by atoms with Crippen LogP contribution in [0.5, 0.6) is 0 Å². The van der Waals surface area contributed by atoms with Crippen molar-refractivity contribution in [2.75, 3.05) is 25.6 Å². The van der Waals surface area contributed by atoms with Crippen LogP contribution in [0.1, 0.15) is 29.3 Å². The summed E-state index contributed by atoms with van der Waals surface area (Å²) in [5.74, 6) is -0.336. The normalized spacial score (nSPS) is 10.2. The first-order chi connectivity index (χ1) is 8.13. The molecule has 0 heterocycles. The molecule has 94 valence electrons. The van der Waals surface area contributed by atoms with Gasteiger partial charge in [0.2, 0.25) is 0 Å². The molecule has 0 fully saturated rings. The lowest BCUT2D eigenvalue weighted by Crippen LogP contribution is -2.09. The van der Waals surface area contributed by atoms with Crippen LogP contribution in [0.25, 0.3) is 0 Å². The molecular weight excluding hydrogens is 218 g/mol. The first-order valence-electron chi connectivity index (χ1n) is 5.75. The van der Waals surface area contributed by atoms with Gasteiger partial charge in [0.1, 0.15) is 0 Å². The second-order valence-corrected chi connectivity index (χ2v) is 3.82. The molecule has 1 aromatic rings. The van der Waals surface area contributed by atoms with Crippen molar-refractivity contribution >= 4 is 11.7 Å². The van der Waals surface area contributed by atoms with E-state index in [1.807, 2.05) is 19.9 Å². The third-order valence-corrected chi connectivity index (χ3v) is 2.21. The summed E-state index contributed by atoms with van der Waals surface area (Å²) in [5, 5.41) is 0. The molecular formula is C13H19NO3. The minimum absolute atomic E-state index is 0.336. The van der Waals surface area contributed by atoms with Gasteiger partial charge in [-0.3, -0.25) is 0 Å². The number of benzene rings is 1. The summed E-state index contributed by atoms with van der Waals surface area (Å²) in [4.78, 5) is 11.7.